The lowest BCUT2D eigenvalue weighted by atomic mass is 10.1. The first-order valence-electron chi connectivity index (χ1n) is 5.66. The minimum atomic E-state index is 1.17. The van der Waals surface area contributed by atoms with E-state index in [1.54, 1.807) is 11.3 Å². The van der Waals surface area contributed by atoms with E-state index >= 15 is 0 Å². The van der Waals surface area contributed by atoms with E-state index in [0.29, 0.717) is 0 Å². The molecular formula is C13H17NS. The zero-order valence-corrected chi connectivity index (χ0v) is 10.2. The molecule has 0 aliphatic carbocycles. The SMILES string of the molecule is CCCCCc1cccc2sc(C)nc12. The van der Waals surface area contributed by atoms with E-state index in [-0.39, 0.29) is 0 Å². The van der Waals surface area contributed by atoms with Crippen molar-refractivity contribution in [2.45, 2.75) is 39.5 Å². The van der Waals surface area contributed by atoms with Gasteiger partial charge in [0.2, 0.25) is 0 Å². The van der Waals surface area contributed by atoms with Crippen molar-refractivity contribution in [3.8, 4) is 0 Å². The predicted molar refractivity (Wildman–Crippen MR) is 67.6 cm³/mol. The Morgan fingerprint density at radius 2 is 2.13 bits per heavy atom. The molecule has 1 nitrogen and oxygen atoms in total. The van der Waals surface area contributed by atoms with Gasteiger partial charge in [-0.3, -0.25) is 0 Å². The van der Waals surface area contributed by atoms with Crippen molar-refractivity contribution in [2.24, 2.45) is 0 Å². The maximum Gasteiger partial charge on any atom is 0.0907 e. The van der Waals surface area contributed by atoms with Crippen LogP contribution in [-0.4, -0.2) is 4.98 Å². The third-order valence-electron chi connectivity index (χ3n) is 2.66. The van der Waals surface area contributed by atoms with Gasteiger partial charge in [0, 0.05) is 0 Å². The minimum absolute atomic E-state index is 1.17. The quantitative estimate of drug-likeness (QED) is 0.697. The highest BCUT2D eigenvalue weighted by Crippen LogP contribution is 2.25. The summed E-state index contributed by atoms with van der Waals surface area (Å²) in [4.78, 5) is 4.61. The third kappa shape index (κ3) is 2.37. The molecule has 1 aromatic carbocycles. The number of rotatable bonds is 4. The van der Waals surface area contributed by atoms with Crippen LogP contribution >= 0.6 is 11.3 Å². The van der Waals surface area contributed by atoms with E-state index in [4.69, 9.17) is 0 Å². The van der Waals surface area contributed by atoms with E-state index in [2.05, 4.69) is 37.0 Å². The summed E-state index contributed by atoms with van der Waals surface area (Å²) in [5.74, 6) is 0. The van der Waals surface area contributed by atoms with Gasteiger partial charge in [0.05, 0.1) is 15.2 Å². The van der Waals surface area contributed by atoms with Crippen LogP contribution in [0.25, 0.3) is 10.2 Å². The second-order valence-corrected chi connectivity index (χ2v) is 5.19. The highest BCUT2D eigenvalue weighted by molar-refractivity contribution is 7.18. The molecule has 0 unspecified atom stereocenters. The number of hydrogen-bond donors (Lipinski definition) is 0. The van der Waals surface area contributed by atoms with E-state index in [1.165, 1.54) is 46.5 Å². The Labute approximate surface area is 95.2 Å². The average Bonchev–Trinajstić information content (AvgIpc) is 2.59. The fourth-order valence-corrected chi connectivity index (χ4v) is 2.76. The average molecular weight is 219 g/mol. The monoisotopic (exact) mass is 219 g/mol. The maximum atomic E-state index is 4.61. The minimum Gasteiger partial charge on any atom is -0.241 e. The van der Waals surface area contributed by atoms with Crippen LogP contribution in [0, 0.1) is 6.92 Å². The molecule has 2 aromatic rings. The molecule has 2 rings (SSSR count). The molecule has 0 fully saturated rings. The number of unbranched alkanes of at least 4 members (excludes halogenated alkanes) is 2. The summed E-state index contributed by atoms with van der Waals surface area (Å²) in [5.41, 5.74) is 2.65. The number of thiazole rings is 1. The van der Waals surface area contributed by atoms with Gasteiger partial charge in [-0.15, -0.1) is 11.3 Å². The van der Waals surface area contributed by atoms with Gasteiger partial charge in [-0.2, -0.15) is 0 Å². The van der Waals surface area contributed by atoms with Crippen molar-refractivity contribution < 1.29 is 0 Å². The maximum absolute atomic E-state index is 4.61. The molecule has 0 amide bonds. The number of fused-ring (bicyclic) bond motifs is 1. The van der Waals surface area contributed by atoms with Crippen molar-refractivity contribution in [3.05, 3.63) is 28.8 Å². The van der Waals surface area contributed by atoms with E-state index in [0.717, 1.165) is 0 Å². The summed E-state index contributed by atoms with van der Waals surface area (Å²) < 4.78 is 1.33. The molecule has 1 aromatic heterocycles. The molecular weight excluding hydrogens is 202 g/mol. The molecule has 0 saturated carbocycles. The molecule has 0 saturated heterocycles. The van der Waals surface area contributed by atoms with Crippen molar-refractivity contribution >= 4 is 21.6 Å². The van der Waals surface area contributed by atoms with Gasteiger partial charge in [0.1, 0.15) is 0 Å². The molecule has 80 valence electrons. The van der Waals surface area contributed by atoms with Crippen LogP contribution in [0.5, 0.6) is 0 Å². The summed E-state index contributed by atoms with van der Waals surface area (Å²) >= 11 is 1.79. The molecule has 0 aliphatic heterocycles. The Kier molecular flexibility index (Phi) is 3.37. The van der Waals surface area contributed by atoms with Crippen LogP contribution in [0.1, 0.15) is 36.8 Å². The zero-order chi connectivity index (χ0) is 10.7. The summed E-state index contributed by atoms with van der Waals surface area (Å²) in [5, 5.41) is 1.17. The van der Waals surface area contributed by atoms with Gasteiger partial charge in [-0.1, -0.05) is 31.9 Å². The smallest absolute Gasteiger partial charge is 0.0907 e. The summed E-state index contributed by atoms with van der Waals surface area (Å²) in [6.45, 7) is 4.33. The van der Waals surface area contributed by atoms with E-state index in [9.17, 15) is 0 Å². The lowest BCUT2D eigenvalue weighted by Gasteiger charge is -2.01. The second-order valence-electron chi connectivity index (χ2n) is 3.95. The topological polar surface area (TPSA) is 12.9 Å². The largest absolute Gasteiger partial charge is 0.241 e. The lowest BCUT2D eigenvalue weighted by Crippen LogP contribution is -1.87. The molecule has 0 atom stereocenters. The van der Waals surface area contributed by atoms with Gasteiger partial charge in [-0.05, 0) is 31.4 Å². The number of hydrogen-bond acceptors (Lipinski definition) is 2. The molecule has 0 radical (unpaired) electrons. The molecule has 2 heteroatoms. The van der Waals surface area contributed by atoms with Crippen LogP contribution in [-0.2, 0) is 6.42 Å². The van der Waals surface area contributed by atoms with Crippen molar-refractivity contribution in [2.75, 3.05) is 0 Å². The van der Waals surface area contributed by atoms with E-state index in [1.807, 2.05) is 0 Å². The van der Waals surface area contributed by atoms with Crippen molar-refractivity contribution in [1.82, 2.24) is 4.98 Å². The van der Waals surface area contributed by atoms with Gasteiger partial charge in [0.15, 0.2) is 0 Å². The first kappa shape index (κ1) is 10.6. The Hall–Kier alpha value is -0.890. The zero-order valence-electron chi connectivity index (χ0n) is 9.42. The van der Waals surface area contributed by atoms with Gasteiger partial charge < -0.3 is 0 Å². The first-order valence-corrected chi connectivity index (χ1v) is 6.48. The fourth-order valence-electron chi connectivity index (χ4n) is 1.88. The number of benzene rings is 1. The summed E-state index contributed by atoms with van der Waals surface area (Å²) in [6, 6.07) is 6.54. The van der Waals surface area contributed by atoms with Gasteiger partial charge in [0.25, 0.3) is 0 Å². The van der Waals surface area contributed by atoms with Crippen LogP contribution < -0.4 is 0 Å². The third-order valence-corrected chi connectivity index (χ3v) is 3.60. The van der Waals surface area contributed by atoms with Crippen LogP contribution in [0.2, 0.25) is 0 Å². The highest BCUT2D eigenvalue weighted by atomic mass is 32.1. The van der Waals surface area contributed by atoms with Gasteiger partial charge >= 0.3 is 0 Å². The van der Waals surface area contributed by atoms with Gasteiger partial charge in [-0.25, -0.2) is 4.98 Å². The Bertz CT molecular complexity index is 445. The summed E-state index contributed by atoms with van der Waals surface area (Å²) in [7, 11) is 0. The standard InChI is InChI=1S/C13H17NS/c1-3-4-5-7-11-8-6-9-12-13(11)14-10(2)15-12/h6,8-9H,3-5,7H2,1-2H3. The van der Waals surface area contributed by atoms with Crippen LogP contribution in [0.15, 0.2) is 18.2 Å². The Balaban J connectivity index is 2.25. The number of nitrogens with zero attached hydrogens (tertiary/aromatic N) is 1. The Morgan fingerprint density at radius 3 is 2.93 bits per heavy atom. The highest BCUT2D eigenvalue weighted by Gasteiger charge is 2.04. The van der Waals surface area contributed by atoms with Crippen LogP contribution in [0.3, 0.4) is 0 Å². The molecule has 0 spiro atoms. The normalized spacial score (nSPS) is 11.1. The Morgan fingerprint density at radius 1 is 1.27 bits per heavy atom. The predicted octanol–water partition coefficient (Wildman–Crippen LogP) is 4.34. The second kappa shape index (κ2) is 4.75. The molecule has 0 bridgehead atoms. The molecule has 1 heterocycles. The summed E-state index contributed by atoms with van der Waals surface area (Å²) in [6.07, 6.45) is 5.06. The van der Waals surface area contributed by atoms with E-state index < -0.39 is 0 Å². The van der Waals surface area contributed by atoms with Crippen molar-refractivity contribution in [3.63, 3.8) is 0 Å². The first-order chi connectivity index (χ1) is 7.31. The molecule has 0 N–H and O–H groups in total. The number of para-hydroxylation sites is 1. The molecule has 15 heavy (non-hydrogen) atoms. The van der Waals surface area contributed by atoms with Crippen LogP contribution in [0.4, 0.5) is 0 Å². The fraction of sp³-hybridized carbons (Fsp3) is 0.462. The molecule has 0 aliphatic rings. The lowest BCUT2D eigenvalue weighted by molar-refractivity contribution is 0.719. The van der Waals surface area contributed by atoms with Crippen molar-refractivity contribution in [1.29, 1.82) is 0 Å². The number of aryl methyl sites for hydroxylation is 2. The number of aromatic nitrogens is 1.